The van der Waals surface area contributed by atoms with Crippen molar-refractivity contribution in [2.75, 3.05) is 19.1 Å². The lowest BCUT2D eigenvalue weighted by atomic mass is 10.0. The SMILES string of the molecule is COc1ccc(N(C)c2cc(C)c(F)cc2C(C)=O)cc1. The van der Waals surface area contributed by atoms with E-state index in [2.05, 4.69) is 0 Å². The van der Waals surface area contributed by atoms with Crippen molar-refractivity contribution >= 4 is 17.2 Å². The second kappa shape index (κ2) is 5.95. The molecular weight excluding hydrogens is 269 g/mol. The molecule has 0 bridgehead atoms. The summed E-state index contributed by atoms with van der Waals surface area (Å²) in [5.41, 5.74) is 2.46. The number of rotatable bonds is 4. The van der Waals surface area contributed by atoms with Gasteiger partial charge in [-0.2, -0.15) is 0 Å². The van der Waals surface area contributed by atoms with Gasteiger partial charge in [0.2, 0.25) is 0 Å². The Bertz CT molecular complexity index is 665. The van der Waals surface area contributed by atoms with E-state index in [1.807, 2.05) is 36.2 Å². The Morgan fingerprint density at radius 2 is 1.81 bits per heavy atom. The minimum absolute atomic E-state index is 0.163. The second-order valence-electron chi connectivity index (χ2n) is 4.93. The molecule has 21 heavy (non-hydrogen) atoms. The molecule has 4 heteroatoms. The number of benzene rings is 2. The van der Waals surface area contributed by atoms with Crippen molar-refractivity contribution in [2.24, 2.45) is 0 Å². The van der Waals surface area contributed by atoms with E-state index in [9.17, 15) is 9.18 Å². The Morgan fingerprint density at radius 1 is 1.19 bits per heavy atom. The summed E-state index contributed by atoms with van der Waals surface area (Å²) in [6.45, 7) is 3.13. The number of hydrogen-bond acceptors (Lipinski definition) is 3. The zero-order valence-corrected chi connectivity index (χ0v) is 12.6. The Kier molecular flexibility index (Phi) is 4.26. The number of carbonyl (C=O) groups excluding carboxylic acids is 1. The summed E-state index contributed by atoms with van der Waals surface area (Å²) in [4.78, 5) is 13.6. The Morgan fingerprint density at radius 3 is 2.33 bits per heavy atom. The van der Waals surface area contributed by atoms with Crippen LogP contribution in [0.4, 0.5) is 15.8 Å². The van der Waals surface area contributed by atoms with Crippen LogP contribution in [0.5, 0.6) is 5.75 Å². The lowest BCUT2D eigenvalue weighted by Gasteiger charge is -2.23. The molecule has 2 aromatic rings. The minimum Gasteiger partial charge on any atom is -0.497 e. The summed E-state index contributed by atoms with van der Waals surface area (Å²) in [5.74, 6) is 0.227. The van der Waals surface area contributed by atoms with Crippen LogP contribution in [0.15, 0.2) is 36.4 Å². The third kappa shape index (κ3) is 3.05. The molecule has 0 atom stereocenters. The van der Waals surface area contributed by atoms with Crippen LogP contribution in [0.2, 0.25) is 0 Å². The van der Waals surface area contributed by atoms with E-state index in [0.717, 1.165) is 11.4 Å². The van der Waals surface area contributed by atoms with Gasteiger partial charge in [-0.05, 0) is 55.8 Å². The first-order valence-corrected chi connectivity index (χ1v) is 6.63. The van der Waals surface area contributed by atoms with Crippen molar-refractivity contribution in [3.05, 3.63) is 53.3 Å². The topological polar surface area (TPSA) is 29.5 Å². The quantitative estimate of drug-likeness (QED) is 0.792. The molecule has 0 saturated carbocycles. The van der Waals surface area contributed by atoms with Crippen LogP contribution < -0.4 is 9.64 Å². The molecule has 3 nitrogen and oxygen atoms in total. The molecule has 0 fully saturated rings. The van der Waals surface area contributed by atoms with E-state index in [4.69, 9.17) is 4.74 Å². The average Bonchev–Trinajstić information content (AvgIpc) is 2.48. The van der Waals surface area contributed by atoms with Crippen LogP contribution in [-0.2, 0) is 0 Å². The standard InChI is InChI=1S/C17H18FNO2/c1-11-9-17(15(12(2)20)10-16(11)18)19(3)13-5-7-14(21-4)8-6-13/h5-10H,1-4H3. The highest BCUT2D eigenvalue weighted by Crippen LogP contribution is 2.30. The Hall–Kier alpha value is -2.36. The van der Waals surface area contributed by atoms with Gasteiger partial charge in [0.25, 0.3) is 0 Å². The van der Waals surface area contributed by atoms with E-state index in [1.165, 1.54) is 13.0 Å². The first-order valence-electron chi connectivity index (χ1n) is 6.63. The van der Waals surface area contributed by atoms with Gasteiger partial charge in [0.05, 0.1) is 12.8 Å². The molecule has 110 valence electrons. The zero-order chi connectivity index (χ0) is 15.6. The van der Waals surface area contributed by atoms with Crippen LogP contribution in [0.1, 0.15) is 22.8 Å². The van der Waals surface area contributed by atoms with Gasteiger partial charge in [-0.25, -0.2) is 4.39 Å². The molecule has 0 aliphatic rings. The van der Waals surface area contributed by atoms with E-state index in [0.29, 0.717) is 16.8 Å². The third-order valence-electron chi connectivity index (χ3n) is 3.48. The lowest BCUT2D eigenvalue weighted by Crippen LogP contribution is -2.14. The van der Waals surface area contributed by atoms with Gasteiger partial charge in [-0.15, -0.1) is 0 Å². The molecular formula is C17H18FNO2. The number of nitrogens with zero attached hydrogens (tertiary/aromatic N) is 1. The summed E-state index contributed by atoms with van der Waals surface area (Å²) < 4.78 is 18.8. The van der Waals surface area contributed by atoms with Crippen molar-refractivity contribution in [2.45, 2.75) is 13.8 Å². The fourth-order valence-corrected chi connectivity index (χ4v) is 2.17. The predicted molar refractivity (Wildman–Crippen MR) is 82.2 cm³/mol. The largest absolute Gasteiger partial charge is 0.497 e. The van der Waals surface area contributed by atoms with Crippen LogP contribution in [-0.4, -0.2) is 19.9 Å². The summed E-state index contributed by atoms with van der Waals surface area (Å²) >= 11 is 0. The molecule has 2 aromatic carbocycles. The van der Waals surface area contributed by atoms with Gasteiger partial charge in [0, 0.05) is 18.3 Å². The van der Waals surface area contributed by atoms with Gasteiger partial charge in [0.1, 0.15) is 11.6 Å². The number of ketones is 1. The number of halogens is 1. The molecule has 0 N–H and O–H groups in total. The van der Waals surface area contributed by atoms with Crippen LogP contribution >= 0.6 is 0 Å². The molecule has 0 unspecified atom stereocenters. The van der Waals surface area contributed by atoms with Crippen molar-refractivity contribution in [1.29, 1.82) is 0 Å². The summed E-state index contributed by atoms with van der Waals surface area (Å²) in [6.07, 6.45) is 0. The number of Topliss-reactive ketones (excluding diaryl/α,β-unsaturated/α-hetero) is 1. The molecule has 0 saturated heterocycles. The van der Waals surface area contributed by atoms with Gasteiger partial charge in [-0.3, -0.25) is 4.79 Å². The monoisotopic (exact) mass is 287 g/mol. The predicted octanol–water partition coefficient (Wildman–Crippen LogP) is 4.11. The highest BCUT2D eigenvalue weighted by molar-refractivity contribution is 6.00. The van der Waals surface area contributed by atoms with Crippen molar-refractivity contribution in [3.8, 4) is 5.75 Å². The summed E-state index contributed by atoms with van der Waals surface area (Å²) in [5, 5.41) is 0. The first kappa shape index (κ1) is 15.0. The van der Waals surface area contributed by atoms with Gasteiger partial charge in [-0.1, -0.05) is 0 Å². The normalized spacial score (nSPS) is 10.3. The molecule has 0 heterocycles. The highest BCUT2D eigenvalue weighted by atomic mass is 19.1. The van der Waals surface area contributed by atoms with Gasteiger partial charge >= 0.3 is 0 Å². The second-order valence-corrected chi connectivity index (χ2v) is 4.93. The van der Waals surface area contributed by atoms with E-state index in [1.54, 1.807) is 20.1 Å². The summed E-state index contributed by atoms with van der Waals surface area (Å²) in [7, 11) is 3.46. The van der Waals surface area contributed by atoms with Crippen molar-refractivity contribution in [3.63, 3.8) is 0 Å². The maximum atomic E-state index is 13.7. The van der Waals surface area contributed by atoms with E-state index in [-0.39, 0.29) is 11.6 Å². The van der Waals surface area contributed by atoms with Gasteiger partial charge in [0.15, 0.2) is 5.78 Å². The smallest absolute Gasteiger partial charge is 0.162 e. The zero-order valence-electron chi connectivity index (χ0n) is 12.6. The molecule has 2 rings (SSSR count). The number of hydrogen-bond donors (Lipinski definition) is 0. The Labute approximate surface area is 124 Å². The maximum absolute atomic E-state index is 13.7. The molecule has 0 aromatic heterocycles. The number of methoxy groups -OCH3 is 1. The average molecular weight is 287 g/mol. The summed E-state index contributed by atoms with van der Waals surface area (Å²) in [6, 6.07) is 10.5. The molecule has 0 amide bonds. The van der Waals surface area contributed by atoms with Crippen LogP contribution in [0.25, 0.3) is 0 Å². The van der Waals surface area contributed by atoms with Crippen molar-refractivity contribution in [1.82, 2.24) is 0 Å². The fourth-order valence-electron chi connectivity index (χ4n) is 2.17. The Balaban J connectivity index is 2.48. The van der Waals surface area contributed by atoms with E-state index >= 15 is 0 Å². The lowest BCUT2D eigenvalue weighted by molar-refractivity contribution is 0.101. The molecule has 0 radical (unpaired) electrons. The third-order valence-corrected chi connectivity index (χ3v) is 3.48. The molecule has 0 aliphatic carbocycles. The fraction of sp³-hybridized carbons (Fsp3) is 0.235. The van der Waals surface area contributed by atoms with Crippen LogP contribution in [0.3, 0.4) is 0 Å². The number of ether oxygens (including phenoxy) is 1. The highest BCUT2D eigenvalue weighted by Gasteiger charge is 2.15. The molecule has 0 aliphatic heterocycles. The van der Waals surface area contributed by atoms with Gasteiger partial charge < -0.3 is 9.64 Å². The van der Waals surface area contributed by atoms with Crippen molar-refractivity contribution < 1.29 is 13.9 Å². The number of carbonyl (C=O) groups is 1. The number of anilines is 2. The first-order chi connectivity index (χ1) is 9.93. The number of aryl methyl sites for hydroxylation is 1. The van der Waals surface area contributed by atoms with Crippen LogP contribution in [0, 0.1) is 12.7 Å². The minimum atomic E-state index is -0.368. The maximum Gasteiger partial charge on any atom is 0.162 e. The van der Waals surface area contributed by atoms with E-state index < -0.39 is 0 Å². The molecule has 0 spiro atoms.